The van der Waals surface area contributed by atoms with Crippen molar-refractivity contribution < 1.29 is 14.5 Å². The van der Waals surface area contributed by atoms with Gasteiger partial charge in [-0.1, -0.05) is 0 Å². The van der Waals surface area contributed by atoms with E-state index < -0.39 is 16.6 Å². The number of likely N-dealkylation sites (N-methyl/N-ethyl adjacent to an activating group) is 1. The number of nitrogens with two attached hydrogens (primary N) is 1. The van der Waals surface area contributed by atoms with Crippen LogP contribution in [0.15, 0.2) is 18.2 Å². The molecule has 0 radical (unpaired) electrons. The zero-order valence-electron chi connectivity index (χ0n) is 14.0. The largest absolute Gasteiger partial charge is 0.444 e. The van der Waals surface area contributed by atoms with E-state index in [1.54, 1.807) is 26.8 Å². The van der Waals surface area contributed by atoms with Crippen LogP contribution < -0.4 is 16.0 Å². The number of carbonyl (C=O) groups excluding carboxylic acids is 1. The summed E-state index contributed by atoms with van der Waals surface area (Å²) in [5.41, 5.74) is 5.73. The van der Waals surface area contributed by atoms with Crippen LogP contribution in [0.5, 0.6) is 0 Å². The third-order valence-electron chi connectivity index (χ3n) is 3.01. The third kappa shape index (κ3) is 6.01. The van der Waals surface area contributed by atoms with Gasteiger partial charge in [0.1, 0.15) is 11.3 Å². The first-order chi connectivity index (χ1) is 10.6. The Labute approximate surface area is 135 Å². The molecule has 0 fully saturated rings. The Morgan fingerprint density at radius 3 is 2.61 bits per heavy atom. The van der Waals surface area contributed by atoms with Crippen LogP contribution in [-0.2, 0) is 4.74 Å². The number of carbonyl (C=O) groups is 1. The van der Waals surface area contributed by atoms with Crippen molar-refractivity contribution in [1.29, 1.82) is 0 Å². The lowest BCUT2D eigenvalue weighted by atomic mass is 10.2. The van der Waals surface area contributed by atoms with Gasteiger partial charge >= 0.3 is 6.09 Å². The van der Waals surface area contributed by atoms with Gasteiger partial charge in [-0.25, -0.2) is 4.79 Å². The van der Waals surface area contributed by atoms with Gasteiger partial charge in [0, 0.05) is 31.4 Å². The number of alkyl carbamates (subject to hydrolysis) is 1. The van der Waals surface area contributed by atoms with Crippen molar-refractivity contribution in [3.05, 3.63) is 28.3 Å². The fourth-order valence-corrected chi connectivity index (χ4v) is 1.96. The number of hydrogen-bond donors (Lipinski definition) is 2. The number of amides is 1. The van der Waals surface area contributed by atoms with Crippen molar-refractivity contribution in [2.75, 3.05) is 30.3 Å². The molecule has 1 aromatic rings. The van der Waals surface area contributed by atoms with E-state index in [0.29, 0.717) is 25.3 Å². The lowest BCUT2D eigenvalue weighted by Gasteiger charge is -2.24. The molecular formula is C15H24N4O4. The number of nitro groups is 1. The van der Waals surface area contributed by atoms with Crippen LogP contribution in [0.4, 0.5) is 21.9 Å². The average molecular weight is 324 g/mol. The molecular weight excluding hydrogens is 300 g/mol. The molecule has 1 rings (SSSR count). The number of anilines is 2. The van der Waals surface area contributed by atoms with Crippen LogP contribution >= 0.6 is 0 Å². The van der Waals surface area contributed by atoms with Crippen molar-refractivity contribution in [3.8, 4) is 0 Å². The van der Waals surface area contributed by atoms with Crippen molar-refractivity contribution in [2.45, 2.75) is 33.3 Å². The number of nitrogens with zero attached hydrogens (tertiary/aromatic N) is 2. The Bertz CT molecular complexity index is 569. The van der Waals surface area contributed by atoms with Crippen LogP contribution in [0.3, 0.4) is 0 Å². The first kappa shape index (κ1) is 18.5. The normalized spacial score (nSPS) is 11.0. The second kappa shape index (κ2) is 7.66. The number of ether oxygens (including phenoxy) is 1. The SMILES string of the molecule is CCN(CCNC(=O)OC(C)(C)C)c1ccc(N)c([N+](=O)[O-])c1. The zero-order chi connectivity index (χ0) is 17.6. The molecule has 3 N–H and O–H groups in total. The van der Waals surface area contributed by atoms with Gasteiger partial charge in [-0.3, -0.25) is 10.1 Å². The molecule has 0 bridgehead atoms. The van der Waals surface area contributed by atoms with Crippen molar-refractivity contribution >= 4 is 23.2 Å². The fourth-order valence-electron chi connectivity index (χ4n) is 1.96. The maximum Gasteiger partial charge on any atom is 0.407 e. The standard InChI is InChI=1S/C15H24N4O4/c1-5-18(9-8-17-14(20)23-15(2,3)4)11-6-7-12(16)13(10-11)19(21)22/h6-7,10H,5,8-9,16H2,1-4H3,(H,17,20). The van der Waals surface area contributed by atoms with Crippen molar-refractivity contribution in [1.82, 2.24) is 5.32 Å². The molecule has 0 saturated heterocycles. The van der Waals surface area contributed by atoms with Gasteiger partial charge in [-0.15, -0.1) is 0 Å². The highest BCUT2D eigenvalue weighted by Gasteiger charge is 2.17. The molecule has 0 aromatic heterocycles. The minimum Gasteiger partial charge on any atom is -0.444 e. The summed E-state index contributed by atoms with van der Waals surface area (Å²) in [6.45, 7) is 8.79. The highest BCUT2D eigenvalue weighted by molar-refractivity contribution is 5.68. The van der Waals surface area contributed by atoms with Crippen molar-refractivity contribution in [3.63, 3.8) is 0 Å². The van der Waals surface area contributed by atoms with E-state index in [1.165, 1.54) is 12.1 Å². The third-order valence-corrected chi connectivity index (χ3v) is 3.01. The predicted octanol–water partition coefficient (Wildman–Crippen LogP) is 2.53. The minimum absolute atomic E-state index is 0.124. The second-order valence-electron chi connectivity index (χ2n) is 6.01. The first-order valence-electron chi connectivity index (χ1n) is 7.39. The molecule has 0 atom stereocenters. The molecule has 8 nitrogen and oxygen atoms in total. The summed E-state index contributed by atoms with van der Waals surface area (Å²) < 4.78 is 5.15. The maximum atomic E-state index is 11.6. The number of nitrogens with one attached hydrogen (secondary N) is 1. The smallest absolute Gasteiger partial charge is 0.407 e. The first-order valence-corrected chi connectivity index (χ1v) is 7.39. The average Bonchev–Trinajstić information content (AvgIpc) is 2.42. The summed E-state index contributed by atoms with van der Waals surface area (Å²) in [7, 11) is 0. The quantitative estimate of drug-likeness (QED) is 0.472. The molecule has 0 unspecified atom stereocenters. The van der Waals surface area contributed by atoms with Crippen molar-refractivity contribution in [2.24, 2.45) is 0 Å². The van der Waals surface area contributed by atoms with Gasteiger partial charge < -0.3 is 20.7 Å². The van der Waals surface area contributed by atoms with Crippen LogP contribution in [0.2, 0.25) is 0 Å². The minimum atomic E-state index is -0.550. The molecule has 1 amide bonds. The Morgan fingerprint density at radius 1 is 1.43 bits per heavy atom. The van der Waals surface area contributed by atoms with E-state index in [9.17, 15) is 14.9 Å². The molecule has 0 spiro atoms. The molecule has 8 heteroatoms. The monoisotopic (exact) mass is 324 g/mol. The van der Waals surface area contributed by atoms with E-state index in [0.717, 1.165) is 0 Å². The number of benzene rings is 1. The molecule has 0 aliphatic carbocycles. The Morgan fingerprint density at radius 2 is 2.09 bits per heavy atom. The second-order valence-corrected chi connectivity index (χ2v) is 6.01. The lowest BCUT2D eigenvalue weighted by molar-refractivity contribution is -0.383. The number of rotatable bonds is 6. The Balaban J connectivity index is 2.66. The molecule has 23 heavy (non-hydrogen) atoms. The lowest BCUT2D eigenvalue weighted by Crippen LogP contribution is -2.38. The van der Waals surface area contributed by atoms with Crippen LogP contribution in [0.1, 0.15) is 27.7 Å². The molecule has 1 aromatic carbocycles. The van der Waals surface area contributed by atoms with Gasteiger partial charge in [-0.05, 0) is 39.8 Å². The summed E-state index contributed by atoms with van der Waals surface area (Å²) in [6, 6.07) is 4.67. The summed E-state index contributed by atoms with van der Waals surface area (Å²) >= 11 is 0. The summed E-state index contributed by atoms with van der Waals surface area (Å²) in [5, 5.41) is 13.6. The van der Waals surface area contributed by atoms with E-state index in [-0.39, 0.29) is 11.4 Å². The molecule has 128 valence electrons. The summed E-state index contributed by atoms with van der Waals surface area (Å²) in [5.74, 6) is 0. The van der Waals surface area contributed by atoms with E-state index in [2.05, 4.69) is 5.32 Å². The van der Waals surface area contributed by atoms with Crippen LogP contribution in [0, 0.1) is 10.1 Å². The van der Waals surface area contributed by atoms with Gasteiger partial charge in [0.05, 0.1) is 4.92 Å². The fraction of sp³-hybridized carbons (Fsp3) is 0.533. The van der Waals surface area contributed by atoms with Gasteiger partial charge in [0.15, 0.2) is 0 Å². The highest BCUT2D eigenvalue weighted by Crippen LogP contribution is 2.27. The Kier molecular flexibility index (Phi) is 6.18. The van der Waals surface area contributed by atoms with Gasteiger partial charge in [0.25, 0.3) is 5.69 Å². The molecule has 0 heterocycles. The highest BCUT2D eigenvalue weighted by atomic mass is 16.6. The maximum absolute atomic E-state index is 11.6. The van der Waals surface area contributed by atoms with Gasteiger partial charge in [-0.2, -0.15) is 0 Å². The van der Waals surface area contributed by atoms with E-state index in [4.69, 9.17) is 10.5 Å². The molecule has 0 aliphatic heterocycles. The Hall–Kier alpha value is -2.51. The number of hydrogen-bond acceptors (Lipinski definition) is 6. The summed E-state index contributed by atoms with van der Waals surface area (Å²) in [4.78, 5) is 23.9. The zero-order valence-corrected chi connectivity index (χ0v) is 14.0. The number of nitro benzene ring substituents is 1. The number of nitrogen functional groups attached to an aromatic ring is 1. The summed E-state index contributed by atoms with van der Waals surface area (Å²) in [6.07, 6.45) is -0.489. The molecule has 0 aliphatic rings. The van der Waals surface area contributed by atoms with E-state index >= 15 is 0 Å². The van der Waals surface area contributed by atoms with E-state index in [1.807, 2.05) is 11.8 Å². The topological polar surface area (TPSA) is 111 Å². The molecule has 0 saturated carbocycles. The predicted molar refractivity (Wildman–Crippen MR) is 89.6 cm³/mol. The van der Waals surface area contributed by atoms with Gasteiger partial charge in [0.2, 0.25) is 0 Å². The van der Waals surface area contributed by atoms with Crippen LogP contribution in [-0.4, -0.2) is 36.3 Å². The van der Waals surface area contributed by atoms with Crippen LogP contribution in [0.25, 0.3) is 0 Å².